The number of aromatic nitrogens is 1. The minimum Gasteiger partial charge on any atom is -0.321 e. The first-order valence-corrected chi connectivity index (χ1v) is 8.20. The van der Waals surface area contributed by atoms with Gasteiger partial charge in [-0.15, -0.1) is 11.3 Å². The van der Waals surface area contributed by atoms with Crippen molar-refractivity contribution in [3.63, 3.8) is 0 Å². The number of para-hydroxylation sites is 1. The van der Waals surface area contributed by atoms with Crippen LogP contribution in [0.1, 0.15) is 20.7 Å². The van der Waals surface area contributed by atoms with Crippen LogP contribution in [0.5, 0.6) is 0 Å². The number of benzene rings is 1. The number of rotatable bonds is 4. The van der Waals surface area contributed by atoms with Gasteiger partial charge in [-0.25, -0.2) is 4.98 Å². The smallest absolute Gasteiger partial charge is 0.259 e. The Morgan fingerprint density at radius 2 is 1.86 bits per heavy atom. The van der Waals surface area contributed by atoms with E-state index in [0.29, 0.717) is 21.9 Å². The van der Waals surface area contributed by atoms with E-state index in [1.165, 1.54) is 22.7 Å². The summed E-state index contributed by atoms with van der Waals surface area (Å²) in [7, 11) is 0. The van der Waals surface area contributed by atoms with Gasteiger partial charge in [0.15, 0.2) is 5.13 Å². The van der Waals surface area contributed by atoms with Gasteiger partial charge >= 0.3 is 0 Å². The monoisotopic (exact) mass is 329 g/mol. The summed E-state index contributed by atoms with van der Waals surface area (Å²) in [6.07, 6.45) is 1.62. The molecule has 0 spiro atoms. The third-order valence-electron chi connectivity index (χ3n) is 2.86. The van der Waals surface area contributed by atoms with E-state index in [4.69, 9.17) is 0 Å². The Morgan fingerprint density at radius 1 is 1.00 bits per heavy atom. The van der Waals surface area contributed by atoms with Crippen molar-refractivity contribution in [1.82, 2.24) is 4.98 Å². The molecular formula is C15H11N3O2S2. The molecule has 2 aromatic heterocycles. The molecule has 0 atom stereocenters. The summed E-state index contributed by atoms with van der Waals surface area (Å²) in [5.41, 5.74) is 1.43. The summed E-state index contributed by atoms with van der Waals surface area (Å²) < 4.78 is 0. The highest BCUT2D eigenvalue weighted by Gasteiger charge is 2.15. The van der Waals surface area contributed by atoms with Crippen molar-refractivity contribution in [2.75, 3.05) is 10.6 Å². The Morgan fingerprint density at radius 3 is 2.59 bits per heavy atom. The van der Waals surface area contributed by atoms with Crippen LogP contribution in [0.4, 0.5) is 10.8 Å². The molecule has 3 aromatic rings. The van der Waals surface area contributed by atoms with Crippen molar-refractivity contribution in [2.45, 2.75) is 0 Å². The van der Waals surface area contributed by atoms with E-state index in [1.807, 2.05) is 5.38 Å². The highest BCUT2D eigenvalue weighted by atomic mass is 32.1. The number of thiophene rings is 1. The molecule has 2 N–H and O–H groups in total. The van der Waals surface area contributed by atoms with E-state index in [1.54, 1.807) is 47.3 Å². The fourth-order valence-electron chi connectivity index (χ4n) is 1.83. The highest BCUT2D eigenvalue weighted by Crippen LogP contribution is 2.19. The van der Waals surface area contributed by atoms with Gasteiger partial charge in [-0.05, 0) is 23.6 Å². The first kappa shape index (κ1) is 14.4. The maximum absolute atomic E-state index is 12.3. The quantitative estimate of drug-likeness (QED) is 0.766. The van der Waals surface area contributed by atoms with Gasteiger partial charge in [-0.3, -0.25) is 14.9 Å². The zero-order valence-electron chi connectivity index (χ0n) is 11.3. The third kappa shape index (κ3) is 3.21. The molecule has 1 aromatic carbocycles. The number of thiazole rings is 1. The number of amides is 2. The average molecular weight is 329 g/mol. The molecule has 0 saturated carbocycles. The fraction of sp³-hybridized carbons (Fsp3) is 0. The van der Waals surface area contributed by atoms with E-state index in [-0.39, 0.29) is 11.8 Å². The maximum Gasteiger partial charge on any atom is 0.259 e. The third-order valence-corrected chi connectivity index (χ3v) is 4.23. The second-order valence-electron chi connectivity index (χ2n) is 4.30. The summed E-state index contributed by atoms with van der Waals surface area (Å²) in [6.45, 7) is 0. The van der Waals surface area contributed by atoms with Gasteiger partial charge in [-0.2, -0.15) is 11.3 Å². The Balaban J connectivity index is 1.80. The molecule has 0 bridgehead atoms. The highest BCUT2D eigenvalue weighted by molar-refractivity contribution is 7.13. The lowest BCUT2D eigenvalue weighted by Gasteiger charge is -2.10. The van der Waals surface area contributed by atoms with Crippen LogP contribution in [-0.4, -0.2) is 16.8 Å². The number of carbonyl (C=O) groups excluding carboxylic acids is 2. The number of hydrogen-bond acceptors (Lipinski definition) is 5. The first-order chi connectivity index (χ1) is 10.7. The number of nitrogens with zero attached hydrogens (tertiary/aromatic N) is 1. The van der Waals surface area contributed by atoms with Gasteiger partial charge in [0, 0.05) is 17.0 Å². The summed E-state index contributed by atoms with van der Waals surface area (Å²) in [4.78, 5) is 28.4. The standard InChI is InChI=1S/C15H11N3O2S2/c19-13(10-5-7-21-9-10)17-12-4-2-1-3-11(12)14(20)18-15-16-6-8-22-15/h1-9H,(H,17,19)(H,16,18,20). The van der Waals surface area contributed by atoms with Gasteiger partial charge in [0.1, 0.15) is 0 Å². The van der Waals surface area contributed by atoms with Gasteiger partial charge < -0.3 is 5.32 Å². The largest absolute Gasteiger partial charge is 0.321 e. The number of anilines is 2. The van der Waals surface area contributed by atoms with E-state index < -0.39 is 0 Å². The molecule has 2 heterocycles. The van der Waals surface area contributed by atoms with Crippen molar-refractivity contribution in [3.8, 4) is 0 Å². The van der Waals surface area contributed by atoms with Crippen molar-refractivity contribution in [2.24, 2.45) is 0 Å². The Hall–Kier alpha value is -2.51. The molecule has 2 amide bonds. The molecule has 3 rings (SSSR count). The van der Waals surface area contributed by atoms with Gasteiger partial charge in [0.05, 0.1) is 16.8 Å². The average Bonchev–Trinajstić information content (AvgIpc) is 3.21. The van der Waals surface area contributed by atoms with Crippen LogP contribution in [-0.2, 0) is 0 Å². The Labute approximate surface area is 134 Å². The minimum atomic E-state index is -0.309. The molecule has 0 aliphatic rings. The molecule has 0 saturated heterocycles. The SMILES string of the molecule is O=C(Nc1ccccc1C(=O)Nc1nccs1)c1ccsc1. The van der Waals surface area contributed by atoms with E-state index >= 15 is 0 Å². The minimum absolute atomic E-state index is 0.240. The molecule has 0 aliphatic heterocycles. The van der Waals surface area contributed by atoms with Crippen molar-refractivity contribution < 1.29 is 9.59 Å². The van der Waals surface area contributed by atoms with E-state index in [2.05, 4.69) is 15.6 Å². The molecular weight excluding hydrogens is 318 g/mol. The lowest BCUT2D eigenvalue weighted by Crippen LogP contribution is -2.17. The second kappa shape index (κ2) is 6.50. The molecule has 0 fully saturated rings. The summed E-state index contributed by atoms with van der Waals surface area (Å²) in [5, 5.41) is 11.4. The predicted molar refractivity (Wildman–Crippen MR) is 88.8 cm³/mol. The zero-order valence-corrected chi connectivity index (χ0v) is 12.9. The van der Waals surface area contributed by atoms with Crippen LogP contribution in [0.3, 0.4) is 0 Å². The van der Waals surface area contributed by atoms with Crippen LogP contribution in [0.2, 0.25) is 0 Å². The fourth-order valence-corrected chi connectivity index (χ4v) is 2.99. The van der Waals surface area contributed by atoms with Gasteiger partial charge in [-0.1, -0.05) is 12.1 Å². The van der Waals surface area contributed by atoms with Crippen molar-refractivity contribution >= 4 is 45.3 Å². The number of carbonyl (C=O) groups is 2. The number of hydrogen-bond donors (Lipinski definition) is 2. The molecule has 7 heteroatoms. The second-order valence-corrected chi connectivity index (χ2v) is 5.98. The van der Waals surface area contributed by atoms with Gasteiger partial charge in [0.25, 0.3) is 11.8 Å². The van der Waals surface area contributed by atoms with Crippen molar-refractivity contribution in [1.29, 1.82) is 0 Å². The van der Waals surface area contributed by atoms with Crippen LogP contribution < -0.4 is 10.6 Å². The number of nitrogens with one attached hydrogen (secondary N) is 2. The normalized spacial score (nSPS) is 10.2. The molecule has 0 unspecified atom stereocenters. The molecule has 0 aliphatic carbocycles. The first-order valence-electron chi connectivity index (χ1n) is 6.37. The molecule has 0 radical (unpaired) electrons. The molecule has 22 heavy (non-hydrogen) atoms. The molecule has 5 nitrogen and oxygen atoms in total. The lowest BCUT2D eigenvalue weighted by molar-refractivity contribution is 0.102. The van der Waals surface area contributed by atoms with E-state index in [0.717, 1.165) is 0 Å². The molecule has 110 valence electrons. The van der Waals surface area contributed by atoms with Crippen LogP contribution in [0.25, 0.3) is 0 Å². The predicted octanol–water partition coefficient (Wildman–Crippen LogP) is 3.71. The van der Waals surface area contributed by atoms with E-state index in [9.17, 15) is 9.59 Å². The Bertz CT molecular complexity index is 783. The maximum atomic E-state index is 12.3. The van der Waals surface area contributed by atoms with Crippen LogP contribution in [0, 0.1) is 0 Å². The lowest BCUT2D eigenvalue weighted by atomic mass is 10.1. The zero-order chi connectivity index (χ0) is 15.4. The summed E-state index contributed by atoms with van der Waals surface area (Å²) >= 11 is 2.78. The topological polar surface area (TPSA) is 71.1 Å². The Kier molecular flexibility index (Phi) is 4.27. The van der Waals surface area contributed by atoms with Crippen LogP contribution >= 0.6 is 22.7 Å². The summed E-state index contributed by atoms with van der Waals surface area (Å²) in [6, 6.07) is 8.60. The summed E-state index contributed by atoms with van der Waals surface area (Å²) in [5.74, 6) is -0.549. The van der Waals surface area contributed by atoms with Gasteiger partial charge in [0.2, 0.25) is 0 Å². The van der Waals surface area contributed by atoms with Crippen LogP contribution in [0.15, 0.2) is 52.7 Å². The van der Waals surface area contributed by atoms with Crippen molar-refractivity contribution in [3.05, 3.63) is 63.8 Å².